The average molecular weight is 553 g/mol. The summed E-state index contributed by atoms with van der Waals surface area (Å²) in [6, 6.07) is 9.79. The zero-order valence-electron chi connectivity index (χ0n) is 21.7. The zero-order chi connectivity index (χ0) is 28.4. The zero-order valence-corrected chi connectivity index (χ0v) is 22.5. The number of amides is 2. The Kier molecular flexibility index (Phi) is 10.2. The van der Waals surface area contributed by atoms with E-state index < -0.39 is 4.92 Å². The lowest BCUT2D eigenvalue weighted by Gasteiger charge is -2.09. The molecule has 2 aromatic carbocycles. The fourth-order valence-corrected chi connectivity index (χ4v) is 4.20. The van der Waals surface area contributed by atoms with Gasteiger partial charge in [-0.2, -0.15) is 0 Å². The molecule has 12 nitrogen and oxygen atoms in total. The van der Waals surface area contributed by atoms with Gasteiger partial charge in [0.25, 0.3) is 5.69 Å². The molecule has 39 heavy (non-hydrogen) atoms. The van der Waals surface area contributed by atoms with E-state index in [1.165, 1.54) is 19.3 Å². The second kappa shape index (κ2) is 13.8. The Balaban J connectivity index is 1.58. The highest BCUT2D eigenvalue weighted by Crippen LogP contribution is 2.28. The number of aromatic nitrogens is 3. The number of benzene rings is 2. The molecule has 3 rings (SSSR count). The fourth-order valence-electron chi connectivity index (χ4n) is 3.43. The van der Waals surface area contributed by atoms with Crippen molar-refractivity contribution in [2.24, 2.45) is 0 Å². The highest BCUT2D eigenvalue weighted by molar-refractivity contribution is 7.99. The number of allylic oxidation sites excluding steroid dienone is 1. The van der Waals surface area contributed by atoms with Crippen LogP contribution in [0.1, 0.15) is 17.0 Å². The molecule has 0 aliphatic rings. The third-order valence-corrected chi connectivity index (χ3v) is 6.35. The van der Waals surface area contributed by atoms with Gasteiger partial charge in [0.15, 0.2) is 22.5 Å². The standard InChI is InChI=1S/C26H28N6O6S/c1-5-12-31-23(15-27-24(33)11-8-18-7-10-21(37-3)22(13-18)38-4)29-30-26(31)39-16-25(34)28-19-9-6-17(2)20(14-19)32(35)36/h5-11,13-14H,1,12,15-16H2,2-4H3,(H,27,33)(H,28,34). The summed E-state index contributed by atoms with van der Waals surface area (Å²) in [4.78, 5) is 35.5. The Morgan fingerprint density at radius 1 is 1.15 bits per heavy atom. The van der Waals surface area contributed by atoms with E-state index in [0.29, 0.717) is 40.3 Å². The summed E-state index contributed by atoms with van der Waals surface area (Å²) in [5.41, 5.74) is 1.52. The van der Waals surface area contributed by atoms with Gasteiger partial charge in [0, 0.05) is 29.9 Å². The van der Waals surface area contributed by atoms with Gasteiger partial charge in [-0.3, -0.25) is 19.7 Å². The number of nitro groups is 1. The van der Waals surface area contributed by atoms with Gasteiger partial charge in [-0.15, -0.1) is 16.8 Å². The van der Waals surface area contributed by atoms with Crippen LogP contribution in [0.2, 0.25) is 0 Å². The van der Waals surface area contributed by atoms with Crippen LogP contribution in [0, 0.1) is 17.0 Å². The van der Waals surface area contributed by atoms with Gasteiger partial charge in [-0.05, 0) is 36.8 Å². The number of hydrogen-bond acceptors (Lipinski definition) is 9. The highest BCUT2D eigenvalue weighted by atomic mass is 32.2. The first-order valence-electron chi connectivity index (χ1n) is 11.6. The first kappa shape index (κ1) is 28.9. The van der Waals surface area contributed by atoms with Crippen LogP contribution >= 0.6 is 11.8 Å². The summed E-state index contributed by atoms with van der Waals surface area (Å²) in [5.74, 6) is 0.930. The first-order valence-corrected chi connectivity index (χ1v) is 12.6. The van der Waals surface area contributed by atoms with E-state index in [-0.39, 0.29) is 29.8 Å². The van der Waals surface area contributed by atoms with Crippen LogP contribution in [0.4, 0.5) is 11.4 Å². The summed E-state index contributed by atoms with van der Waals surface area (Å²) in [7, 11) is 3.08. The minimum Gasteiger partial charge on any atom is -0.493 e. The third-order valence-electron chi connectivity index (χ3n) is 5.38. The normalized spacial score (nSPS) is 10.7. The highest BCUT2D eigenvalue weighted by Gasteiger charge is 2.16. The fraction of sp³-hybridized carbons (Fsp3) is 0.231. The van der Waals surface area contributed by atoms with E-state index in [1.807, 2.05) is 0 Å². The van der Waals surface area contributed by atoms with Crippen molar-refractivity contribution >= 4 is 41.0 Å². The topological polar surface area (TPSA) is 151 Å². The number of nitro benzene ring substituents is 1. The van der Waals surface area contributed by atoms with Crippen LogP contribution in [0.3, 0.4) is 0 Å². The lowest BCUT2D eigenvalue weighted by molar-refractivity contribution is -0.385. The van der Waals surface area contributed by atoms with E-state index in [0.717, 1.165) is 17.3 Å². The maximum Gasteiger partial charge on any atom is 0.274 e. The molecule has 204 valence electrons. The summed E-state index contributed by atoms with van der Waals surface area (Å²) in [6.07, 6.45) is 4.69. The molecule has 0 saturated carbocycles. The van der Waals surface area contributed by atoms with Crippen molar-refractivity contribution in [2.75, 3.05) is 25.3 Å². The third kappa shape index (κ3) is 7.92. The molecule has 1 aromatic heterocycles. The molecule has 0 unspecified atom stereocenters. The van der Waals surface area contributed by atoms with Crippen LogP contribution < -0.4 is 20.1 Å². The number of thioether (sulfide) groups is 1. The number of ether oxygens (including phenoxy) is 2. The molecule has 0 bridgehead atoms. The summed E-state index contributed by atoms with van der Waals surface area (Å²) in [5, 5.41) is 25.3. The van der Waals surface area contributed by atoms with Crippen molar-refractivity contribution in [3.05, 3.63) is 82.2 Å². The number of anilines is 1. The van der Waals surface area contributed by atoms with Crippen molar-refractivity contribution in [3.63, 3.8) is 0 Å². The van der Waals surface area contributed by atoms with E-state index in [9.17, 15) is 19.7 Å². The predicted octanol–water partition coefficient (Wildman–Crippen LogP) is 3.76. The number of rotatable bonds is 13. The smallest absolute Gasteiger partial charge is 0.274 e. The molecule has 0 saturated heterocycles. The Hall–Kier alpha value is -4.65. The minimum atomic E-state index is -0.496. The van der Waals surface area contributed by atoms with Gasteiger partial charge in [-0.1, -0.05) is 30.0 Å². The van der Waals surface area contributed by atoms with Gasteiger partial charge in [0.05, 0.1) is 31.4 Å². The number of nitrogens with one attached hydrogen (secondary N) is 2. The van der Waals surface area contributed by atoms with Gasteiger partial charge in [0.1, 0.15) is 0 Å². The lowest BCUT2D eigenvalue weighted by Crippen LogP contribution is -2.23. The Bertz CT molecular complexity index is 1400. The SMILES string of the molecule is C=CCn1c(CNC(=O)C=Cc2ccc(OC)c(OC)c2)nnc1SCC(=O)Nc1ccc(C)c([N+](=O)[O-])c1. The molecule has 2 amide bonds. The van der Waals surface area contributed by atoms with Crippen molar-refractivity contribution in [1.82, 2.24) is 20.1 Å². The second-order valence-corrected chi connectivity index (χ2v) is 9.00. The van der Waals surface area contributed by atoms with Gasteiger partial charge in [0.2, 0.25) is 11.8 Å². The lowest BCUT2D eigenvalue weighted by atomic mass is 10.2. The average Bonchev–Trinajstić information content (AvgIpc) is 3.31. The van der Waals surface area contributed by atoms with Crippen LogP contribution in [0.25, 0.3) is 6.08 Å². The number of carbonyl (C=O) groups is 2. The van der Waals surface area contributed by atoms with Gasteiger partial charge >= 0.3 is 0 Å². The van der Waals surface area contributed by atoms with Crippen LogP contribution in [0.5, 0.6) is 11.5 Å². The largest absolute Gasteiger partial charge is 0.493 e. The second-order valence-electron chi connectivity index (χ2n) is 8.06. The molecule has 0 radical (unpaired) electrons. The molecular formula is C26H28N6O6S. The van der Waals surface area contributed by atoms with Crippen LogP contribution in [-0.4, -0.2) is 51.5 Å². The predicted molar refractivity (Wildman–Crippen MR) is 148 cm³/mol. The Labute approximate surface area is 229 Å². The molecule has 0 aliphatic carbocycles. The maximum absolute atomic E-state index is 12.4. The molecule has 0 aliphatic heterocycles. The molecule has 0 atom stereocenters. The molecule has 3 aromatic rings. The van der Waals surface area contributed by atoms with Crippen LogP contribution in [-0.2, 0) is 22.7 Å². The molecule has 1 heterocycles. The molecule has 2 N–H and O–H groups in total. The molecule has 13 heteroatoms. The Morgan fingerprint density at radius 3 is 2.62 bits per heavy atom. The van der Waals surface area contributed by atoms with E-state index in [1.54, 1.807) is 61.1 Å². The number of hydrogen-bond donors (Lipinski definition) is 2. The maximum atomic E-state index is 12.4. The summed E-state index contributed by atoms with van der Waals surface area (Å²) < 4.78 is 12.2. The van der Waals surface area contributed by atoms with Crippen molar-refractivity contribution in [2.45, 2.75) is 25.2 Å². The first-order chi connectivity index (χ1) is 18.7. The van der Waals surface area contributed by atoms with Crippen molar-refractivity contribution in [3.8, 4) is 11.5 Å². The quantitative estimate of drug-likeness (QED) is 0.106. The molecule has 0 spiro atoms. The number of aryl methyl sites for hydroxylation is 1. The number of methoxy groups -OCH3 is 2. The molecular weight excluding hydrogens is 524 g/mol. The monoisotopic (exact) mass is 552 g/mol. The molecule has 0 fully saturated rings. The van der Waals surface area contributed by atoms with E-state index >= 15 is 0 Å². The number of carbonyl (C=O) groups excluding carboxylic acids is 2. The summed E-state index contributed by atoms with van der Waals surface area (Å²) >= 11 is 1.14. The van der Waals surface area contributed by atoms with Gasteiger partial charge < -0.3 is 24.7 Å². The van der Waals surface area contributed by atoms with E-state index in [4.69, 9.17) is 9.47 Å². The summed E-state index contributed by atoms with van der Waals surface area (Å²) in [6.45, 7) is 5.85. The van der Waals surface area contributed by atoms with Crippen molar-refractivity contribution < 1.29 is 24.0 Å². The van der Waals surface area contributed by atoms with Crippen LogP contribution in [0.15, 0.2) is 60.3 Å². The van der Waals surface area contributed by atoms with Crippen molar-refractivity contribution in [1.29, 1.82) is 0 Å². The minimum absolute atomic E-state index is 0.00261. The van der Waals surface area contributed by atoms with Gasteiger partial charge in [-0.25, -0.2) is 0 Å². The van der Waals surface area contributed by atoms with E-state index in [2.05, 4.69) is 27.4 Å². The Morgan fingerprint density at radius 2 is 1.92 bits per heavy atom. The number of nitrogens with zero attached hydrogens (tertiary/aromatic N) is 4.